The first-order chi connectivity index (χ1) is 16.2. The summed E-state index contributed by atoms with van der Waals surface area (Å²) < 4.78 is 11.3. The van der Waals surface area contributed by atoms with E-state index in [4.69, 9.17) is 15.1 Å². The maximum absolute atomic E-state index is 13.2. The first-order valence-electron chi connectivity index (χ1n) is 10.3. The zero-order valence-electron chi connectivity index (χ0n) is 17.7. The minimum Gasteiger partial charge on any atom is -0.497 e. The molecule has 2 aromatic heterocycles. The van der Waals surface area contributed by atoms with Crippen molar-refractivity contribution in [1.29, 1.82) is 0 Å². The van der Waals surface area contributed by atoms with Crippen molar-refractivity contribution in [2.45, 2.75) is 19.3 Å². The number of fused-ring (bicyclic) bond motifs is 1. The van der Waals surface area contributed by atoms with Gasteiger partial charge in [0.1, 0.15) is 11.4 Å². The molecule has 0 radical (unpaired) electrons. The Kier molecular flexibility index (Phi) is 5.27. The number of hydrogen-bond acceptors (Lipinski definition) is 9. The van der Waals surface area contributed by atoms with Crippen molar-refractivity contribution >= 4 is 17.4 Å². The van der Waals surface area contributed by atoms with Gasteiger partial charge in [0.15, 0.2) is 5.69 Å². The van der Waals surface area contributed by atoms with Crippen LogP contribution in [-0.4, -0.2) is 44.0 Å². The first kappa shape index (κ1) is 20.4. The number of hydrazone groups is 1. The Morgan fingerprint density at radius 1 is 1.18 bits per heavy atom. The fourth-order valence-corrected chi connectivity index (χ4v) is 3.84. The van der Waals surface area contributed by atoms with E-state index in [2.05, 4.69) is 37.2 Å². The zero-order valence-corrected chi connectivity index (χ0v) is 17.7. The number of anilines is 1. The molecule has 1 amide bonds. The van der Waals surface area contributed by atoms with E-state index in [1.54, 1.807) is 31.4 Å². The summed E-state index contributed by atoms with van der Waals surface area (Å²) in [6.07, 6.45) is 2.73. The third-order valence-corrected chi connectivity index (χ3v) is 5.41. The number of nitrogen functional groups attached to an aromatic ring is 1. The molecule has 0 fully saturated rings. The Labute approximate surface area is 188 Å². The summed E-state index contributed by atoms with van der Waals surface area (Å²) >= 11 is 0. The summed E-state index contributed by atoms with van der Waals surface area (Å²) in [5.74, 6) is 0.198. The van der Waals surface area contributed by atoms with Gasteiger partial charge in [-0.15, -0.1) is 5.10 Å². The SMILES string of the molecule is COc1cccc(-c2c(C(=O)N/N=C3/CCCc4ccccc43)nnn2-c2nonc2N)c1. The van der Waals surface area contributed by atoms with E-state index in [1.165, 1.54) is 10.2 Å². The van der Waals surface area contributed by atoms with Crippen molar-refractivity contribution in [3.63, 3.8) is 0 Å². The number of methoxy groups -OCH3 is 1. The number of nitrogens with one attached hydrogen (secondary N) is 1. The van der Waals surface area contributed by atoms with Crippen LogP contribution in [-0.2, 0) is 6.42 Å². The third-order valence-electron chi connectivity index (χ3n) is 5.41. The van der Waals surface area contributed by atoms with Crippen LogP contribution in [0, 0.1) is 0 Å². The number of nitrogens with two attached hydrogens (primary N) is 1. The Morgan fingerprint density at radius 3 is 2.88 bits per heavy atom. The highest BCUT2D eigenvalue weighted by Gasteiger charge is 2.26. The van der Waals surface area contributed by atoms with Gasteiger partial charge in [-0.25, -0.2) is 10.1 Å². The highest BCUT2D eigenvalue weighted by Crippen LogP contribution is 2.29. The standard InChI is InChI=1S/C22H20N8O3/c1-32-15-9-4-8-14(12-15)19-18(25-29-30(19)21-20(23)27-33-28-21)22(31)26-24-17-11-5-7-13-6-2-3-10-16(13)17/h2-4,6,8-10,12H,5,7,11H2,1H3,(H2,23,27)(H,26,31)/b24-17-. The summed E-state index contributed by atoms with van der Waals surface area (Å²) in [5, 5.41) is 19.9. The molecule has 3 N–H and O–H groups in total. The molecule has 11 heteroatoms. The van der Waals surface area contributed by atoms with Gasteiger partial charge in [-0.1, -0.05) is 41.6 Å². The molecule has 2 aromatic carbocycles. The lowest BCUT2D eigenvalue weighted by Gasteiger charge is -2.17. The fraction of sp³-hybridized carbons (Fsp3) is 0.182. The van der Waals surface area contributed by atoms with Gasteiger partial charge >= 0.3 is 0 Å². The number of ether oxygens (including phenoxy) is 1. The van der Waals surface area contributed by atoms with E-state index in [9.17, 15) is 4.79 Å². The number of carbonyl (C=O) groups is 1. The quantitative estimate of drug-likeness (QED) is 0.446. The molecule has 0 atom stereocenters. The Balaban J connectivity index is 1.54. The predicted molar refractivity (Wildman–Crippen MR) is 119 cm³/mol. The van der Waals surface area contributed by atoms with Gasteiger partial charge in [0.2, 0.25) is 11.6 Å². The number of amides is 1. The lowest BCUT2D eigenvalue weighted by Crippen LogP contribution is -2.23. The van der Waals surface area contributed by atoms with Crippen molar-refractivity contribution in [3.8, 4) is 22.8 Å². The van der Waals surface area contributed by atoms with Crippen molar-refractivity contribution in [3.05, 3.63) is 65.4 Å². The summed E-state index contributed by atoms with van der Waals surface area (Å²) in [6.45, 7) is 0. The molecule has 4 aromatic rings. The predicted octanol–water partition coefficient (Wildman–Crippen LogP) is 2.38. The van der Waals surface area contributed by atoms with Crippen LogP contribution in [0.15, 0.2) is 58.3 Å². The Hall–Kier alpha value is -4.54. The maximum atomic E-state index is 13.2. The molecular weight excluding hydrogens is 424 g/mol. The van der Waals surface area contributed by atoms with Crippen LogP contribution in [0.25, 0.3) is 17.1 Å². The number of benzene rings is 2. The van der Waals surface area contributed by atoms with Gasteiger partial charge in [0, 0.05) is 11.1 Å². The normalized spacial score (nSPS) is 14.2. The molecule has 0 spiro atoms. The number of rotatable bonds is 5. The molecule has 0 saturated heterocycles. The van der Waals surface area contributed by atoms with Gasteiger partial charge in [0.25, 0.3) is 5.91 Å². The number of nitrogens with zero attached hydrogens (tertiary/aromatic N) is 6. The topological polar surface area (TPSA) is 146 Å². The van der Waals surface area contributed by atoms with Crippen molar-refractivity contribution in [1.82, 2.24) is 30.7 Å². The van der Waals surface area contributed by atoms with E-state index in [0.717, 1.165) is 30.5 Å². The number of hydrogen-bond donors (Lipinski definition) is 2. The van der Waals surface area contributed by atoms with Crippen LogP contribution in [0.4, 0.5) is 5.82 Å². The second-order valence-electron chi connectivity index (χ2n) is 7.41. The van der Waals surface area contributed by atoms with Gasteiger partial charge in [-0.2, -0.15) is 9.78 Å². The second kappa shape index (κ2) is 8.54. The van der Waals surface area contributed by atoms with Gasteiger partial charge < -0.3 is 10.5 Å². The van der Waals surface area contributed by atoms with E-state index in [0.29, 0.717) is 17.0 Å². The molecule has 0 unspecified atom stereocenters. The van der Waals surface area contributed by atoms with E-state index in [-0.39, 0.29) is 17.3 Å². The third kappa shape index (κ3) is 3.80. The van der Waals surface area contributed by atoms with Crippen LogP contribution in [0.5, 0.6) is 5.75 Å². The molecule has 33 heavy (non-hydrogen) atoms. The Morgan fingerprint density at radius 2 is 2.06 bits per heavy atom. The van der Waals surface area contributed by atoms with Crippen molar-refractivity contribution < 1.29 is 14.2 Å². The summed E-state index contributed by atoms with van der Waals surface area (Å²) in [6, 6.07) is 15.2. The number of carbonyl (C=O) groups excluding carboxylic acids is 1. The lowest BCUT2D eigenvalue weighted by molar-refractivity contribution is 0.0950. The van der Waals surface area contributed by atoms with Crippen LogP contribution in [0.3, 0.4) is 0 Å². The van der Waals surface area contributed by atoms with Gasteiger partial charge in [0.05, 0.1) is 12.8 Å². The van der Waals surface area contributed by atoms with Crippen molar-refractivity contribution in [2.75, 3.05) is 12.8 Å². The van der Waals surface area contributed by atoms with E-state index < -0.39 is 5.91 Å². The molecule has 0 saturated carbocycles. The largest absolute Gasteiger partial charge is 0.497 e. The lowest BCUT2D eigenvalue weighted by atomic mass is 9.90. The number of aryl methyl sites for hydroxylation is 1. The van der Waals surface area contributed by atoms with E-state index >= 15 is 0 Å². The second-order valence-corrected chi connectivity index (χ2v) is 7.41. The Bertz CT molecular complexity index is 1360. The monoisotopic (exact) mass is 444 g/mol. The molecule has 1 aliphatic carbocycles. The smallest absolute Gasteiger partial charge is 0.294 e. The fourth-order valence-electron chi connectivity index (χ4n) is 3.84. The van der Waals surface area contributed by atoms with E-state index in [1.807, 2.05) is 18.2 Å². The average molecular weight is 444 g/mol. The van der Waals surface area contributed by atoms with Gasteiger partial charge in [-0.3, -0.25) is 4.79 Å². The molecule has 5 rings (SSSR count). The maximum Gasteiger partial charge on any atom is 0.294 e. The van der Waals surface area contributed by atoms with Crippen LogP contribution in [0.2, 0.25) is 0 Å². The van der Waals surface area contributed by atoms with Crippen LogP contribution < -0.4 is 15.9 Å². The highest BCUT2D eigenvalue weighted by molar-refractivity contribution is 6.04. The first-order valence-corrected chi connectivity index (χ1v) is 10.3. The molecular formula is C22H20N8O3. The minimum atomic E-state index is -0.523. The summed E-state index contributed by atoms with van der Waals surface area (Å²) in [7, 11) is 1.56. The minimum absolute atomic E-state index is 0.00931. The molecule has 11 nitrogen and oxygen atoms in total. The molecule has 0 aliphatic heterocycles. The highest BCUT2D eigenvalue weighted by atomic mass is 16.6. The van der Waals surface area contributed by atoms with Crippen molar-refractivity contribution in [2.24, 2.45) is 5.10 Å². The summed E-state index contributed by atoms with van der Waals surface area (Å²) in [5.41, 5.74) is 12.6. The molecule has 166 valence electrons. The van der Waals surface area contributed by atoms with Gasteiger partial charge in [-0.05, 0) is 47.3 Å². The zero-order chi connectivity index (χ0) is 22.8. The average Bonchev–Trinajstić information content (AvgIpc) is 3.48. The summed E-state index contributed by atoms with van der Waals surface area (Å²) in [4.78, 5) is 13.2. The van der Waals surface area contributed by atoms with Crippen LogP contribution >= 0.6 is 0 Å². The molecule has 2 heterocycles. The molecule has 1 aliphatic rings. The van der Waals surface area contributed by atoms with Crippen LogP contribution in [0.1, 0.15) is 34.5 Å². The number of aromatic nitrogens is 5. The molecule has 0 bridgehead atoms.